The molecule has 2 heterocycles. The molecule has 10 heteroatoms. The van der Waals surface area contributed by atoms with Gasteiger partial charge >= 0.3 is 11.9 Å². The van der Waals surface area contributed by atoms with E-state index < -0.39 is 23.1 Å². The molecule has 0 aliphatic heterocycles. The standard InChI is InChI=1S/C14H10F3N3O3S/c1-19-11(14(15,16)17)5-12(22)20(13(19)23)7-2-3-10-8(4-7)9(6-21)18-24-10/h2-5,21H,6H2,1H3. The summed E-state index contributed by atoms with van der Waals surface area (Å²) >= 11 is 1.13. The molecule has 0 radical (unpaired) electrons. The van der Waals surface area contributed by atoms with E-state index in [4.69, 9.17) is 0 Å². The van der Waals surface area contributed by atoms with Gasteiger partial charge < -0.3 is 5.11 Å². The van der Waals surface area contributed by atoms with Gasteiger partial charge in [-0.2, -0.15) is 17.5 Å². The van der Waals surface area contributed by atoms with Gasteiger partial charge in [-0.1, -0.05) is 0 Å². The summed E-state index contributed by atoms with van der Waals surface area (Å²) in [4.78, 5) is 24.3. The van der Waals surface area contributed by atoms with Crippen LogP contribution in [0.3, 0.4) is 0 Å². The highest BCUT2D eigenvalue weighted by Crippen LogP contribution is 2.27. The van der Waals surface area contributed by atoms with Crippen molar-refractivity contribution in [3.8, 4) is 5.69 Å². The maximum absolute atomic E-state index is 12.9. The molecular weight excluding hydrogens is 347 g/mol. The Balaban J connectivity index is 2.29. The molecule has 6 nitrogen and oxygen atoms in total. The SMILES string of the molecule is Cn1c(C(F)(F)F)cc(=O)n(-c2ccc3snc(CO)c3c2)c1=O. The lowest BCUT2D eigenvalue weighted by Crippen LogP contribution is -2.40. The highest BCUT2D eigenvalue weighted by Gasteiger charge is 2.35. The van der Waals surface area contributed by atoms with Gasteiger partial charge in [-0.05, 0) is 29.7 Å². The molecule has 0 bridgehead atoms. The fourth-order valence-electron chi connectivity index (χ4n) is 2.36. The summed E-state index contributed by atoms with van der Waals surface area (Å²) < 4.78 is 44.4. The minimum atomic E-state index is -4.81. The molecule has 0 aliphatic carbocycles. The van der Waals surface area contributed by atoms with Gasteiger partial charge in [-0.3, -0.25) is 9.36 Å². The smallest absolute Gasteiger partial charge is 0.390 e. The Labute approximate surface area is 136 Å². The number of benzene rings is 1. The van der Waals surface area contributed by atoms with Crippen molar-refractivity contribution in [1.82, 2.24) is 13.5 Å². The van der Waals surface area contributed by atoms with Crippen LogP contribution in [0.4, 0.5) is 13.2 Å². The van der Waals surface area contributed by atoms with E-state index in [1.54, 1.807) is 6.07 Å². The van der Waals surface area contributed by atoms with Crippen molar-refractivity contribution < 1.29 is 18.3 Å². The highest BCUT2D eigenvalue weighted by molar-refractivity contribution is 7.13. The molecule has 3 rings (SSSR count). The summed E-state index contributed by atoms with van der Waals surface area (Å²) in [5.74, 6) is 0. The minimum absolute atomic E-state index is 0.108. The first-order valence-corrected chi connectivity index (χ1v) is 7.41. The Bertz CT molecular complexity index is 1050. The van der Waals surface area contributed by atoms with E-state index in [0.717, 1.165) is 23.3 Å². The fourth-order valence-corrected chi connectivity index (χ4v) is 3.13. The van der Waals surface area contributed by atoms with E-state index in [-0.39, 0.29) is 12.3 Å². The molecule has 126 valence electrons. The summed E-state index contributed by atoms with van der Waals surface area (Å²) in [6.07, 6.45) is -4.81. The average molecular weight is 357 g/mol. The maximum atomic E-state index is 12.9. The van der Waals surface area contributed by atoms with Gasteiger partial charge in [0.15, 0.2) is 0 Å². The number of fused-ring (bicyclic) bond motifs is 1. The van der Waals surface area contributed by atoms with Gasteiger partial charge in [0.1, 0.15) is 5.69 Å². The largest absolute Gasteiger partial charge is 0.431 e. The molecule has 0 fully saturated rings. The molecule has 0 saturated carbocycles. The average Bonchev–Trinajstić information content (AvgIpc) is 2.92. The molecular formula is C14H10F3N3O3S. The Morgan fingerprint density at radius 1 is 1.25 bits per heavy atom. The van der Waals surface area contributed by atoms with E-state index in [1.165, 1.54) is 12.1 Å². The number of rotatable bonds is 2. The van der Waals surface area contributed by atoms with Crippen LogP contribution in [0.5, 0.6) is 0 Å². The summed E-state index contributed by atoms with van der Waals surface area (Å²) in [7, 11) is 0.949. The number of aliphatic hydroxyl groups excluding tert-OH is 1. The quantitative estimate of drug-likeness (QED) is 0.757. The van der Waals surface area contributed by atoms with E-state index in [0.29, 0.717) is 26.3 Å². The summed E-state index contributed by atoms with van der Waals surface area (Å²) in [6, 6.07) is 4.85. The Kier molecular flexibility index (Phi) is 3.80. The number of hydrogen-bond acceptors (Lipinski definition) is 5. The third kappa shape index (κ3) is 2.53. The van der Waals surface area contributed by atoms with Crippen molar-refractivity contribution in [3.63, 3.8) is 0 Å². The lowest BCUT2D eigenvalue weighted by Gasteiger charge is -2.13. The van der Waals surface area contributed by atoms with Gasteiger partial charge in [-0.15, -0.1) is 0 Å². The van der Waals surface area contributed by atoms with E-state index in [9.17, 15) is 27.9 Å². The van der Waals surface area contributed by atoms with Crippen LogP contribution in [0, 0.1) is 0 Å². The van der Waals surface area contributed by atoms with Gasteiger partial charge in [0.2, 0.25) is 0 Å². The van der Waals surface area contributed by atoms with Crippen molar-refractivity contribution >= 4 is 21.6 Å². The van der Waals surface area contributed by atoms with Crippen LogP contribution in [0.25, 0.3) is 15.8 Å². The topological polar surface area (TPSA) is 77.1 Å². The Hall–Kier alpha value is -2.46. The summed E-state index contributed by atoms with van der Waals surface area (Å²) in [6.45, 7) is -0.330. The first-order chi connectivity index (χ1) is 11.2. The number of hydrogen-bond donors (Lipinski definition) is 1. The van der Waals surface area contributed by atoms with Crippen LogP contribution in [-0.2, 0) is 19.8 Å². The van der Waals surface area contributed by atoms with Gasteiger partial charge in [0.05, 0.1) is 22.7 Å². The number of aromatic nitrogens is 3. The van der Waals surface area contributed by atoms with Gasteiger partial charge in [0.25, 0.3) is 5.56 Å². The third-order valence-corrected chi connectivity index (χ3v) is 4.41. The predicted molar refractivity (Wildman–Crippen MR) is 81.4 cm³/mol. The molecule has 0 aliphatic rings. The molecule has 1 N–H and O–H groups in total. The first-order valence-electron chi connectivity index (χ1n) is 6.64. The Morgan fingerprint density at radius 3 is 2.58 bits per heavy atom. The van der Waals surface area contributed by atoms with Crippen LogP contribution in [0.1, 0.15) is 11.4 Å². The molecule has 24 heavy (non-hydrogen) atoms. The fraction of sp³-hybridized carbons (Fsp3) is 0.214. The maximum Gasteiger partial charge on any atom is 0.431 e. The van der Waals surface area contributed by atoms with Gasteiger partial charge in [0, 0.05) is 18.5 Å². The summed E-state index contributed by atoms with van der Waals surface area (Å²) in [5, 5.41) is 9.79. The van der Waals surface area contributed by atoms with Gasteiger partial charge in [-0.25, -0.2) is 9.36 Å². The zero-order chi connectivity index (χ0) is 17.6. The predicted octanol–water partition coefficient (Wildman–Crippen LogP) is 1.66. The number of aliphatic hydroxyl groups is 1. The van der Waals surface area contributed by atoms with E-state index in [1.807, 2.05) is 0 Å². The van der Waals surface area contributed by atoms with E-state index in [2.05, 4.69) is 4.37 Å². The van der Waals surface area contributed by atoms with E-state index >= 15 is 0 Å². The molecule has 0 amide bonds. The van der Waals surface area contributed by atoms with Crippen molar-refractivity contribution in [2.45, 2.75) is 12.8 Å². The zero-order valence-corrected chi connectivity index (χ0v) is 13.0. The van der Waals surface area contributed by atoms with Crippen LogP contribution in [-0.4, -0.2) is 18.6 Å². The Morgan fingerprint density at radius 2 is 1.96 bits per heavy atom. The van der Waals surface area contributed by atoms with Crippen molar-refractivity contribution in [3.05, 3.63) is 56.5 Å². The lowest BCUT2D eigenvalue weighted by atomic mass is 10.2. The van der Waals surface area contributed by atoms with Crippen molar-refractivity contribution in [1.29, 1.82) is 0 Å². The zero-order valence-electron chi connectivity index (χ0n) is 12.2. The second kappa shape index (κ2) is 5.56. The molecule has 0 unspecified atom stereocenters. The number of alkyl halides is 3. The number of nitrogens with zero attached hydrogens (tertiary/aromatic N) is 3. The highest BCUT2D eigenvalue weighted by atomic mass is 32.1. The minimum Gasteiger partial charge on any atom is -0.390 e. The first kappa shape index (κ1) is 16.4. The second-order valence-corrected chi connectivity index (χ2v) is 5.82. The molecule has 0 saturated heterocycles. The van der Waals surface area contributed by atoms with Crippen LogP contribution in [0.2, 0.25) is 0 Å². The molecule has 1 aromatic carbocycles. The monoisotopic (exact) mass is 357 g/mol. The molecule has 3 aromatic rings. The summed E-state index contributed by atoms with van der Waals surface area (Å²) in [5.41, 5.74) is -3.03. The van der Waals surface area contributed by atoms with Crippen LogP contribution < -0.4 is 11.2 Å². The number of halogens is 3. The van der Waals surface area contributed by atoms with Crippen LogP contribution >= 0.6 is 11.5 Å². The second-order valence-electron chi connectivity index (χ2n) is 5.01. The third-order valence-electron chi connectivity index (χ3n) is 3.55. The van der Waals surface area contributed by atoms with Crippen LogP contribution in [0.15, 0.2) is 33.9 Å². The molecule has 2 aromatic heterocycles. The van der Waals surface area contributed by atoms with Crippen molar-refractivity contribution in [2.24, 2.45) is 7.05 Å². The normalized spacial score (nSPS) is 12.0. The van der Waals surface area contributed by atoms with Crippen molar-refractivity contribution in [2.75, 3.05) is 0 Å². The molecule has 0 spiro atoms. The lowest BCUT2D eigenvalue weighted by molar-refractivity contribution is -0.144. The molecule has 0 atom stereocenters.